The van der Waals surface area contributed by atoms with E-state index in [1.165, 1.54) is 41.6 Å². The molecule has 20 heavy (non-hydrogen) atoms. The molecule has 106 valence electrons. The van der Waals surface area contributed by atoms with Crippen molar-refractivity contribution in [2.24, 2.45) is 13.0 Å². The van der Waals surface area contributed by atoms with Crippen molar-refractivity contribution in [1.82, 2.24) is 0 Å². The standard InChI is InChI=1S/C19H26N/c1-5-15(2)10-11-17-12-13-19(20(4)14-17)18-9-7-6-8-16(18)3/h6-9,12-15H,5,10-11H2,1-4H3/q+1/t15-/m1/s1. The van der Waals surface area contributed by atoms with Crippen molar-refractivity contribution >= 4 is 0 Å². The monoisotopic (exact) mass is 268 g/mol. The first-order valence-electron chi connectivity index (χ1n) is 7.66. The molecule has 0 aliphatic rings. The van der Waals surface area contributed by atoms with Crippen molar-refractivity contribution in [3.05, 3.63) is 53.7 Å². The highest BCUT2D eigenvalue weighted by Crippen LogP contribution is 2.20. The molecule has 0 amide bonds. The molecule has 0 saturated carbocycles. The highest BCUT2D eigenvalue weighted by molar-refractivity contribution is 5.60. The van der Waals surface area contributed by atoms with Gasteiger partial charge in [0.05, 0.1) is 0 Å². The third kappa shape index (κ3) is 3.47. The largest absolute Gasteiger partial charge is 0.212 e. The van der Waals surface area contributed by atoms with Gasteiger partial charge in [-0.15, -0.1) is 0 Å². The Morgan fingerprint density at radius 2 is 1.85 bits per heavy atom. The highest BCUT2D eigenvalue weighted by Gasteiger charge is 2.12. The fourth-order valence-electron chi connectivity index (χ4n) is 2.57. The van der Waals surface area contributed by atoms with Gasteiger partial charge in [-0.25, -0.2) is 4.57 Å². The molecule has 1 atom stereocenters. The van der Waals surface area contributed by atoms with Crippen molar-refractivity contribution in [2.75, 3.05) is 0 Å². The summed E-state index contributed by atoms with van der Waals surface area (Å²) in [4.78, 5) is 0. The van der Waals surface area contributed by atoms with E-state index in [0.29, 0.717) is 0 Å². The van der Waals surface area contributed by atoms with E-state index in [1.54, 1.807) is 0 Å². The number of aryl methyl sites for hydroxylation is 3. The van der Waals surface area contributed by atoms with Crippen LogP contribution in [0.1, 0.15) is 37.8 Å². The first-order valence-corrected chi connectivity index (χ1v) is 7.66. The third-order valence-corrected chi connectivity index (χ3v) is 4.24. The van der Waals surface area contributed by atoms with Crippen molar-refractivity contribution in [3.8, 4) is 11.3 Å². The molecule has 1 nitrogen and oxygen atoms in total. The molecule has 0 unspecified atom stereocenters. The van der Waals surface area contributed by atoms with Crippen LogP contribution >= 0.6 is 0 Å². The average molecular weight is 268 g/mol. The molecule has 0 N–H and O–H groups in total. The van der Waals surface area contributed by atoms with E-state index in [2.05, 4.69) is 75.0 Å². The minimum Gasteiger partial charge on any atom is -0.201 e. The lowest BCUT2D eigenvalue weighted by atomic mass is 9.99. The van der Waals surface area contributed by atoms with E-state index in [-0.39, 0.29) is 0 Å². The SMILES string of the molecule is CC[C@@H](C)CCc1ccc(-c2ccccc2C)[n+](C)c1. The van der Waals surface area contributed by atoms with Crippen LogP contribution < -0.4 is 4.57 Å². The molecular formula is C19H26N+. The molecule has 0 saturated heterocycles. The maximum Gasteiger partial charge on any atom is 0.212 e. The predicted octanol–water partition coefficient (Wildman–Crippen LogP) is 4.47. The molecule has 0 aliphatic carbocycles. The topological polar surface area (TPSA) is 3.88 Å². The first-order chi connectivity index (χ1) is 9.61. The van der Waals surface area contributed by atoms with Gasteiger partial charge in [0.15, 0.2) is 6.20 Å². The lowest BCUT2D eigenvalue weighted by molar-refractivity contribution is -0.660. The predicted molar refractivity (Wildman–Crippen MR) is 85.6 cm³/mol. The van der Waals surface area contributed by atoms with Crippen LogP contribution in [0.15, 0.2) is 42.6 Å². The minimum atomic E-state index is 0.816. The third-order valence-electron chi connectivity index (χ3n) is 4.24. The molecule has 1 aromatic heterocycles. The summed E-state index contributed by atoms with van der Waals surface area (Å²) >= 11 is 0. The van der Waals surface area contributed by atoms with Gasteiger partial charge in [-0.1, -0.05) is 38.5 Å². The summed E-state index contributed by atoms with van der Waals surface area (Å²) in [6.45, 7) is 6.78. The van der Waals surface area contributed by atoms with Crippen molar-refractivity contribution < 1.29 is 4.57 Å². The fraction of sp³-hybridized carbons (Fsp3) is 0.421. The molecule has 1 heteroatoms. The second-order valence-electron chi connectivity index (χ2n) is 5.90. The van der Waals surface area contributed by atoms with Gasteiger partial charge < -0.3 is 0 Å². The summed E-state index contributed by atoms with van der Waals surface area (Å²) < 4.78 is 2.26. The Balaban J connectivity index is 2.20. The molecule has 2 rings (SSSR count). The lowest BCUT2D eigenvalue weighted by Crippen LogP contribution is -2.31. The Hall–Kier alpha value is -1.63. The lowest BCUT2D eigenvalue weighted by Gasteiger charge is -2.08. The number of pyridine rings is 1. The number of rotatable bonds is 5. The van der Waals surface area contributed by atoms with E-state index in [9.17, 15) is 0 Å². The van der Waals surface area contributed by atoms with Crippen molar-refractivity contribution in [1.29, 1.82) is 0 Å². The van der Waals surface area contributed by atoms with E-state index in [4.69, 9.17) is 0 Å². The molecule has 0 spiro atoms. The summed E-state index contributed by atoms with van der Waals surface area (Å²) in [6.07, 6.45) is 6.01. The van der Waals surface area contributed by atoms with Crippen LogP contribution in [0.3, 0.4) is 0 Å². The second kappa shape index (κ2) is 6.69. The van der Waals surface area contributed by atoms with E-state index >= 15 is 0 Å². The van der Waals surface area contributed by atoms with Crippen LogP contribution in [-0.4, -0.2) is 0 Å². The number of hydrogen-bond donors (Lipinski definition) is 0. The van der Waals surface area contributed by atoms with E-state index in [0.717, 1.165) is 5.92 Å². The molecule has 1 heterocycles. The second-order valence-corrected chi connectivity index (χ2v) is 5.90. The van der Waals surface area contributed by atoms with Crippen LogP contribution in [0, 0.1) is 12.8 Å². The number of aromatic nitrogens is 1. The summed E-state index contributed by atoms with van der Waals surface area (Å²) in [5.74, 6) is 0.816. The number of benzene rings is 1. The van der Waals surface area contributed by atoms with Crippen molar-refractivity contribution in [3.63, 3.8) is 0 Å². The zero-order chi connectivity index (χ0) is 14.5. The van der Waals surface area contributed by atoms with Gasteiger partial charge in [0, 0.05) is 17.2 Å². The molecule has 0 radical (unpaired) electrons. The van der Waals surface area contributed by atoms with Gasteiger partial charge >= 0.3 is 0 Å². The quantitative estimate of drug-likeness (QED) is 0.705. The van der Waals surface area contributed by atoms with Gasteiger partial charge in [0.1, 0.15) is 7.05 Å². The maximum absolute atomic E-state index is 2.34. The van der Waals surface area contributed by atoms with Gasteiger partial charge in [-0.2, -0.15) is 0 Å². The Morgan fingerprint density at radius 1 is 1.10 bits per heavy atom. The van der Waals surface area contributed by atoms with Crippen LogP contribution in [0.5, 0.6) is 0 Å². The fourth-order valence-corrected chi connectivity index (χ4v) is 2.57. The summed E-state index contributed by atoms with van der Waals surface area (Å²) in [6, 6.07) is 13.1. The smallest absolute Gasteiger partial charge is 0.201 e. The van der Waals surface area contributed by atoms with Gasteiger partial charge in [0.2, 0.25) is 5.69 Å². The van der Waals surface area contributed by atoms with Crippen LogP contribution in [0.4, 0.5) is 0 Å². The molecule has 0 aliphatic heterocycles. The number of hydrogen-bond acceptors (Lipinski definition) is 0. The van der Waals surface area contributed by atoms with E-state index in [1.807, 2.05) is 0 Å². The van der Waals surface area contributed by atoms with Gasteiger partial charge in [-0.05, 0) is 43.4 Å². The molecular weight excluding hydrogens is 242 g/mol. The van der Waals surface area contributed by atoms with Crippen LogP contribution in [0.25, 0.3) is 11.3 Å². The normalized spacial score (nSPS) is 12.4. The zero-order valence-corrected chi connectivity index (χ0v) is 13.2. The Labute approximate surface area is 123 Å². The molecule has 0 bridgehead atoms. The van der Waals surface area contributed by atoms with Crippen LogP contribution in [-0.2, 0) is 13.5 Å². The molecule has 1 aromatic carbocycles. The first kappa shape index (κ1) is 14.8. The minimum absolute atomic E-state index is 0.816. The van der Waals surface area contributed by atoms with Gasteiger partial charge in [-0.3, -0.25) is 0 Å². The summed E-state index contributed by atoms with van der Waals surface area (Å²) in [5, 5.41) is 0. The maximum atomic E-state index is 2.34. The van der Waals surface area contributed by atoms with E-state index < -0.39 is 0 Å². The Kier molecular flexibility index (Phi) is 4.94. The molecule has 0 fully saturated rings. The van der Waals surface area contributed by atoms with Crippen molar-refractivity contribution in [2.45, 2.75) is 40.0 Å². The Morgan fingerprint density at radius 3 is 2.50 bits per heavy atom. The average Bonchev–Trinajstić information content (AvgIpc) is 2.46. The number of nitrogens with zero attached hydrogens (tertiary/aromatic N) is 1. The highest BCUT2D eigenvalue weighted by atomic mass is 14.9. The van der Waals surface area contributed by atoms with Crippen LogP contribution in [0.2, 0.25) is 0 Å². The molecule has 2 aromatic rings. The Bertz CT molecular complexity index is 572. The summed E-state index contributed by atoms with van der Waals surface area (Å²) in [5.41, 5.74) is 5.37. The van der Waals surface area contributed by atoms with Gasteiger partial charge in [0.25, 0.3) is 0 Å². The summed E-state index contributed by atoms with van der Waals surface area (Å²) in [7, 11) is 2.15. The zero-order valence-electron chi connectivity index (χ0n) is 13.2.